The molecule has 1 aromatic heterocycles. The van der Waals surface area contributed by atoms with E-state index in [1.54, 1.807) is 4.90 Å². The summed E-state index contributed by atoms with van der Waals surface area (Å²) in [6.07, 6.45) is 0. The van der Waals surface area contributed by atoms with Gasteiger partial charge in [-0.1, -0.05) is 74.5 Å². The predicted octanol–water partition coefficient (Wildman–Crippen LogP) is 4.27. The zero-order valence-corrected chi connectivity index (χ0v) is 17.6. The van der Waals surface area contributed by atoms with Crippen LogP contribution < -0.4 is 5.73 Å². The standard InChI is InChI=1S/C23H25N3O2S/c1-15(2)20(22(24)27)26(14-17-10-6-4-7-11-17)23(28)19-21(29-16(3)25-19)18-12-8-5-9-13-18/h4-13,15,20H,14H2,1-3H3,(H2,24,27)/t20-/m1/s1. The fourth-order valence-electron chi connectivity index (χ4n) is 3.41. The summed E-state index contributed by atoms with van der Waals surface area (Å²) in [6, 6.07) is 18.6. The van der Waals surface area contributed by atoms with E-state index in [9.17, 15) is 9.59 Å². The fraction of sp³-hybridized carbons (Fsp3) is 0.261. The minimum Gasteiger partial charge on any atom is -0.368 e. The van der Waals surface area contributed by atoms with Crippen LogP contribution in [0.1, 0.15) is 34.9 Å². The Balaban J connectivity index is 2.06. The quantitative estimate of drug-likeness (QED) is 0.635. The third-order valence-corrected chi connectivity index (χ3v) is 5.71. The molecule has 0 unspecified atom stereocenters. The van der Waals surface area contributed by atoms with Gasteiger partial charge < -0.3 is 10.6 Å². The molecule has 0 saturated carbocycles. The van der Waals surface area contributed by atoms with Crippen molar-refractivity contribution >= 4 is 23.2 Å². The number of primary amides is 1. The summed E-state index contributed by atoms with van der Waals surface area (Å²) in [5.41, 5.74) is 7.94. The van der Waals surface area contributed by atoms with E-state index in [1.165, 1.54) is 11.3 Å². The smallest absolute Gasteiger partial charge is 0.274 e. The van der Waals surface area contributed by atoms with Crippen LogP contribution in [0.3, 0.4) is 0 Å². The first-order valence-corrected chi connectivity index (χ1v) is 10.4. The number of hydrogen-bond acceptors (Lipinski definition) is 4. The topological polar surface area (TPSA) is 76.3 Å². The van der Waals surface area contributed by atoms with E-state index in [-0.39, 0.29) is 18.4 Å². The Kier molecular flexibility index (Phi) is 6.44. The number of amides is 2. The Bertz CT molecular complexity index is 984. The number of aryl methyl sites for hydroxylation is 1. The highest BCUT2D eigenvalue weighted by atomic mass is 32.1. The van der Waals surface area contributed by atoms with Crippen LogP contribution in [0.15, 0.2) is 60.7 Å². The first-order valence-electron chi connectivity index (χ1n) is 9.55. The van der Waals surface area contributed by atoms with Crippen LogP contribution in [-0.4, -0.2) is 27.7 Å². The summed E-state index contributed by atoms with van der Waals surface area (Å²) in [4.78, 5) is 32.8. The predicted molar refractivity (Wildman–Crippen MR) is 116 cm³/mol. The number of hydrogen-bond donors (Lipinski definition) is 1. The number of rotatable bonds is 7. The third-order valence-electron chi connectivity index (χ3n) is 4.69. The van der Waals surface area contributed by atoms with Gasteiger partial charge in [0.2, 0.25) is 5.91 Å². The zero-order valence-electron chi connectivity index (χ0n) is 16.8. The largest absolute Gasteiger partial charge is 0.368 e. The highest BCUT2D eigenvalue weighted by Gasteiger charge is 2.34. The van der Waals surface area contributed by atoms with Gasteiger partial charge in [-0.15, -0.1) is 11.3 Å². The molecule has 6 heteroatoms. The molecule has 0 aliphatic carbocycles. The summed E-state index contributed by atoms with van der Waals surface area (Å²) in [5, 5.41) is 0.798. The lowest BCUT2D eigenvalue weighted by Gasteiger charge is -2.32. The lowest BCUT2D eigenvalue weighted by molar-refractivity contribution is -0.124. The van der Waals surface area contributed by atoms with Crippen LogP contribution in [0, 0.1) is 12.8 Å². The van der Waals surface area contributed by atoms with Crippen LogP contribution >= 0.6 is 11.3 Å². The molecule has 0 radical (unpaired) electrons. The van der Waals surface area contributed by atoms with Crippen molar-refractivity contribution in [2.24, 2.45) is 11.7 Å². The van der Waals surface area contributed by atoms with Crippen molar-refractivity contribution in [3.05, 3.63) is 76.9 Å². The average Bonchev–Trinajstić information content (AvgIpc) is 3.09. The molecule has 2 N–H and O–H groups in total. The van der Waals surface area contributed by atoms with Crippen molar-refractivity contribution in [1.29, 1.82) is 0 Å². The van der Waals surface area contributed by atoms with Gasteiger partial charge in [-0.05, 0) is 24.0 Å². The van der Waals surface area contributed by atoms with Crippen LogP contribution in [0.4, 0.5) is 0 Å². The van der Waals surface area contributed by atoms with Crippen LogP contribution in [-0.2, 0) is 11.3 Å². The number of carbonyl (C=O) groups is 2. The molecule has 150 valence electrons. The number of aromatic nitrogens is 1. The molecule has 0 saturated heterocycles. The Morgan fingerprint density at radius 1 is 1.03 bits per heavy atom. The monoisotopic (exact) mass is 407 g/mol. The van der Waals surface area contributed by atoms with Gasteiger partial charge in [0.25, 0.3) is 5.91 Å². The van der Waals surface area contributed by atoms with Gasteiger partial charge in [-0.3, -0.25) is 9.59 Å². The molecule has 1 atom stereocenters. The van der Waals surface area contributed by atoms with E-state index in [1.807, 2.05) is 81.4 Å². The van der Waals surface area contributed by atoms with Gasteiger partial charge in [-0.25, -0.2) is 4.98 Å². The lowest BCUT2D eigenvalue weighted by atomic mass is 10.00. The van der Waals surface area contributed by atoms with Crippen molar-refractivity contribution in [3.8, 4) is 10.4 Å². The summed E-state index contributed by atoms with van der Waals surface area (Å²) >= 11 is 1.47. The molecule has 2 aromatic carbocycles. The summed E-state index contributed by atoms with van der Waals surface area (Å²) < 4.78 is 0. The number of thiazole rings is 1. The van der Waals surface area contributed by atoms with Crippen LogP contribution in [0.5, 0.6) is 0 Å². The number of nitrogens with two attached hydrogens (primary N) is 1. The molecular weight excluding hydrogens is 382 g/mol. The van der Waals surface area contributed by atoms with Crippen molar-refractivity contribution in [3.63, 3.8) is 0 Å². The van der Waals surface area contributed by atoms with Crippen molar-refractivity contribution in [2.45, 2.75) is 33.4 Å². The normalized spacial score (nSPS) is 12.0. The Morgan fingerprint density at radius 2 is 1.62 bits per heavy atom. The maximum Gasteiger partial charge on any atom is 0.274 e. The van der Waals surface area contributed by atoms with Gasteiger partial charge in [0.15, 0.2) is 0 Å². The minimum absolute atomic E-state index is 0.125. The van der Waals surface area contributed by atoms with Gasteiger partial charge in [0, 0.05) is 6.54 Å². The van der Waals surface area contributed by atoms with Crippen molar-refractivity contribution in [1.82, 2.24) is 9.88 Å². The van der Waals surface area contributed by atoms with Gasteiger partial charge in [0.05, 0.1) is 9.88 Å². The van der Waals surface area contributed by atoms with E-state index in [4.69, 9.17) is 5.73 Å². The number of carbonyl (C=O) groups excluding carboxylic acids is 2. The lowest BCUT2D eigenvalue weighted by Crippen LogP contribution is -2.50. The summed E-state index contributed by atoms with van der Waals surface area (Å²) in [5.74, 6) is -0.924. The van der Waals surface area contributed by atoms with E-state index in [0.717, 1.165) is 21.0 Å². The third kappa shape index (κ3) is 4.71. The number of nitrogens with zero attached hydrogens (tertiary/aromatic N) is 2. The zero-order chi connectivity index (χ0) is 21.0. The molecule has 0 spiro atoms. The average molecular weight is 408 g/mol. The van der Waals surface area contributed by atoms with Gasteiger partial charge in [-0.2, -0.15) is 0 Å². The SMILES string of the molecule is Cc1nc(C(=O)N(Cc2ccccc2)[C@@H](C(N)=O)C(C)C)c(-c2ccccc2)s1. The summed E-state index contributed by atoms with van der Waals surface area (Å²) in [7, 11) is 0. The molecule has 2 amide bonds. The Hall–Kier alpha value is -2.99. The Morgan fingerprint density at radius 3 is 2.17 bits per heavy atom. The molecule has 0 aliphatic heterocycles. The fourth-order valence-corrected chi connectivity index (χ4v) is 4.33. The number of benzene rings is 2. The van der Waals surface area contributed by atoms with E-state index in [0.29, 0.717) is 5.69 Å². The van der Waals surface area contributed by atoms with Crippen LogP contribution in [0.25, 0.3) is 10.4 Å². The second-order valence-electron chi connectivity index (χ2n) is 7.29. The summed E-state index contributed by atoms with van der Waals surface area (Å²) in [6.45, 7) is 5.95. The molecule has 0 bridgehead atoms. The van der Waals surface area contributed by atoms with Gasteiger partial charge in [0.1, 0.15) is 11.7 Å². The Labute approximate surface area is 175 Å². The molecule has 0 aliphatic rings. The highest BCUT2D eigenvalue weighted by Crippen LogP contribution is 2.32. The first-order chi connectivity index (χ1) is 13.9. The molecule has 29 heavy (non-hydrogen) atoms. The highest BCUT2D eigenvalue weighted by molar-refractivity contribution is 7.15. The molecule has 3 rings (SSSR count). The maximum absolute atomic E-state index is 13.7. The molecule has 5 nitrogen and oxygen atoms in total. The van der Waals surface area contributed by atoms with E-state index < -0.39 is 11.9 Å². The molecule has 3 aromatic rings. The second-order valence-corrected chi connectivity index (χ2v) is 8.49. The second kappa shape index (κ2) is 9.01. The maximum atomic E-state index is 13.7. The van der Waals surface area contributed by atoms with Crippen molar-refractivity contribution < 1.29 is 9.59 Å². The van der Waals surface area contributed by atoms with E-state index >= 15 is 0 Å². The van der Waals surface area contributed by atoms with Crippen molar-refractivity contribution in [2.75, 3.05) is 0 Å². The first kappa shape index (κ1) is 20.7. The van der Waals surface area contributed by atoms with Crippen LogP contribution in [0.2, 0.25) is 0 Å². The van der Waals surface area contributed by atoms with Gasteiger partial charge >= 0.3 is 0 Å². The molecule has 1 heterocycles. The van der Waals surface area contributed by atoms with E-state index in [2.05, 4.69) is 4.98 Å². The molecule has 0 fully saturated rings. The molecular formula is C23H25N3O2S. The minimum atomic E-state index is -0.728.